The van der Waals surface area contributed by atoms with Crippen LogP contribution in [0.15, 0.2) is 36.5 Å². The summed E-state index contributed by atoms with van der Waals surface area (Å²) < 4.78 is 30.7. The van der Waals surface area contributed by atoms with Gasteiger partial charge in [0.05, 0.1) is 33.8 Å². The number of nitrogens with zero attached hydrogens (tertiary/aromatic N) is 1. The van der Waals surface area contributed by atoms with Crippen LogP contribution in [0.4, 0.5) is 0 Å². The maximum atomic E-state index is 13.5. The van der Waals surface area contributed by atoms with Gasteiger partial charge in [0.15, 0.2) is 0 Å². The molecule has 0 fully saturated rings. The highest BCUT2D eigenvalue weighted by atomic mass is 31.2. The second-order valence-corrected chi connectivity index (χ2v) is 24.7. The van der Waals surface area contributed by atoms with Gasteiger partial charge in [-0.15, -0.1) is 0 Å². The molecule has 3 unspecified atom stereocenters. The fourth-order valence-electron chi connectivity index (χ4n) is 9.56. The van der Waals surface area contributed by atoms with E-state index in [4.69, 9.17) is 13.8 Å². The van der Waals surface area contributed by atoms with Gasteiger partial charge in [-0.3, -0.25) is 18.6 Å². The van der Waals surface area contributed by atoms with Crippen molar-refractivity contribution in [2.24, 2.45) is 0 Å². The van der Waals surface area contributed by atoms with Gasteiger partial charge in [-0.25, -0.2) is 4.57 Å². The van der Waals surface area contributed by atoms with E-state index in [1.807, 2.05) is 33.3 Å². The van der Waals surface area contributed by atoms with Crippen LogP contribution in [-0.4, -0.2) is 74.3 Å². The number of amides is 1. The van der Waals surface area contributed by atoms with Gasteiger partial charge in [0, 0.05) is 12.8 Å². The van der Waals surface area contributed by atoms with Crippen molar-refractivity contribution < 1.29 is 37.3 Å². The largest absolute Gasteiger partial charge is 0.472 e. The van der Waals surface area contributed by atoms with Gasteiger partial charge >= 0.3 is 13.8 Å². The van der Waals surface area contributed by atoms with Crippen molar-refractivity contribution in [2.45, 2.75) is 328 Å². The molecule has 1 amide bonds. The van der Waals surface area contributed by atoms with Crippen molar-refractivity contribution in [3.8, 4) is 0 Å². The smallest absolute Gasteiger partial charge is 0.456 e. The van der Waals surface area contributed by atoms with E-state index in [0.717, 1.165) is 64.2 Å². The number of quaternary nitrogens is 1. The molecule has 0 spiro atoms. The Morgan fingerprint density at radius 2 is 0.813 bits per heavy atom. The molecule has 0 aromatic rings. The molecule has 3 atom stereocenters. The number of esters is 1. The predicted molar refractivity (Wildman–Crippen MR) is 323 cm³/mol. The zero-order valence-electron chi connectivity index (χ0n) is 50.6. The first kappa shape index (κ1) is 73.2. The summed E-state index contributed by atoms with van der Waals surface area (Å²) >= 11 is 0. The van der Waals surface area contributed by atoms with Gasteiger partial charge in [0.1, 0.15) is 19.3 Å². The van der Waals surface area contributed by atoms with Crippen molar-refractivity contribution >= 4 is 19.7 Å². The van der Waals surface area contributed by atoms with Crippen LogP contribution in [0.25, 0.3) is 0 Å². The maximum absolute atomic E-state index is 13.5. The second kappa shape index (κ2) is 55.5. The lowest BCUT2D eigenvalue weighted by atomic mass is 10.0. The topological polar surface area (TPSA) is 111 Å². The molecule has 442 valence electrons. The SMILES string of the molecule is CCCCC/C=C\C/C=C\CCCCCCCCCCCCCC(=O)OC(/C=C/CCCCCCCCCCC)C(COP(=O)(O)OCC[N+](C)(C)C)NC(=O)CCCCCCCCCCCCCCCCCCC. The van der Waals surface area contributed by atoms with Gasteiger partial charge in [-0.05, 0) is 63.9 Å². The molecule has 75 heavy (non-hydrogen) atoms. The molecule has 0 saturated heterocycles. The molecule has 10 heteroatoms. The highest BCUT2D eigenvalue weighted by Crippen LogP contribution is 2.43. The maximum Gasteiger partial charge on any atom is 0.472 e. The number of carbonyl (C=O) groups is 2. The van der Waals surface area contributed by atoms with E-state index in [2.05, 4.69) is 50.4 Å². The fraction of sp³-hybridized carbons (Fsp3) is 0.877. The van der Waals surface area contributed by atoms with Crippen LogP contribution in [0.1, 0.15) is 316 Å². The number of unbranched alkanes of at least 4 members (excludes halogenated alkanes) is 39. The molecular weight excluding hydrogens is 952 g/mol. The summed E-state index contributed by atoms with van der Waals surface area (Å²) in [4.78, 5) is 37.7. The minimum Gasteiger partial charge on any atom is -0.456 e. The van der Waals surface area contributed by atoms with E-state index >= 15 is 0 Å². The van der Waals surface area contributed by atoms with Crippen LogP contribution in [-0.2, 0) is 27.9 Å². The Labute approximate surface area is 466 Å². The van der Waals surface area contributed by atoms with Crippen molar-refractivity contribution in [1.29, 1.82) is 0 Å². The third kappa shape index (κ3) is 56.8. The van der Waals surface area contributed by atoms with Crippen LogP contribution in [0.5, 0.6) is 0 Å². The van der Waals surface area contributed by atoms with Crippen molar-refractivity contribution in [1.82, 2.24) is 5.32 Å². The van der Waals surface area contributed by atoms with Crippen LogP contribution in [0.2, 0.25) is 0 Å². The summed E-state index contributed by atoms with van der Waals surface area (Å²) in [5.41, 5.74) is 0. The first-order valence-electron chi connectivity index (χ1n) is 32.3. The zero-order valence-corrected chi connectivity index (χ0v) is 51.5. The highest BCUT2D eigenvalue weighted by molar-refractivity contribution is 7.47. The molecule has 0 bridgehead atoms. The molecule has 9 nitrogen and oxygen atoms in total. The van der Waals surface area contributed by atoms with E-state index in [1.54, 1.807) is 0 Å². The van der Waals surface area contributed by atoms with E-state index in [0.29, 0.717) is 23.9 Å². The summed E-state index contributed by atoms with van der Waals surface area (Å²) in [5.74, 6) is -0.492. The Morgan fingerprint density at radius 1 is 0.467 bits per heavy atom. The lowest BCUT2D eigenvalue weighted by Gasteiger charge is -2.27. The molecule has 2 N–H and O–H groups in total. The third-order valence-electron chi connectivity index (χ3n) is 14.6. The monoisotopic (exact) mass is 1080 g/mol. The van der Waals surface area contributed by atoms with Crippen molar-refractivity contribution in [2.75, 3.05) is 40.9 Å². The summed E-state index contributed by atoms with van der Waals surface area (Å²) in [6.45, 7) is 7.02. The first-order valence-corrected chi connectivity index (χ1v) is 33.8. The second-order valence-electron chi connectivity index (χ2n) is 23.3. The number of phosphoric ester groups is 1. The number of carbonyl (C=O) groups excluding carboxylic acids is 2. The number of likely N-dealkylation sites (N-methyl/N-ethyl adjacent to an activating group) is 1. The molecule has 0 aliphatic rings. The Bertz CT molecular complexity index is 1380. The molecule has 0 aliphatic carbocycles. The number of rotatable bonds is 59. The summed E-state index contributed by atoms with van der Waals surface area (Å²) in [5, 5.41) is 3.06. The number of ether oxygens (including phenoxy) is 1. The number of allylic oxidation sites excluding steroid dienone is 5. The van der Waals surface area contributed by atoms with Gasteiger partial charge < -0.3 is 19.4 Å². The third-order valence-corrected chi connectivity index (χ3v) is 15.6. The summed E-state index contributed by atoms with van der Waals surface area (Å²) in [6.07, 6.45) is 67.1. The standard InChI is InChI=1S/C65H125N2O7P/c1-7-10-13-16-19-22-25-27-29-31-32-33-34-36-38-40-43-46-49-52-55-58-65(69)74-63(56-53-50-47-44-41-24-21-18-15-12-9-3)62(61-73-75(70,71)72-60-59-67(4,5)6)66-64(68)57-54-51-48-45-42-39-37-35-30-28-26-23-20-17-14-11-8-2/h19,22,27,29,53,56,62-63H,7-18,20-21,23-26,28,30-52,54-55,57-61H2,1-6H3,(H-,66,68,70,71)/p+1/b22-19-,29-27-,56-53+. The molecular formula is C65H126N2O7P+. The van der Waals surface area contributed by atoms with Gasteiger partial charge in [-0.2, -0.15) is 0 Å². The number of phosphoric acid groups is 1. The minimum absolute atomic E-state index is 0.0426. The molecule has 0 radical (unpaired) electrons. The molecule has 0 aromatic heterocycles. The average Bonchev–Trinajstić information content (AvgIpc) is 3.37. The number of nitrogens with one attached hydrogen (secondary N) is 1. The van der Waals surface area contributed by atoms with Crippen LogP contribution < -0.4 is 5.32 Å². The van der Waals surface area contributed by atoms with Gasteiger partial charge in [0.25, 0.3) is 0 Å². The Morgan fingerprint density at radius 3 is 1.23 bits per heavy atom. The van der Waals surface area contributed by atoms with E-state index in [-0.39, 0.29) is 25.1 Å². The van der Waals surface area contributed by atoms with E-state index < -0.39 is 20.0 Å². The van der Waals surface area contributed by atoms with E-state index in [9.17, 15) is 19.0 Å². The van der Waals surface area contributed by atoms with Crippen LogP contribution in [0, 0.1) is 0 Å². The number of hydrogen-bond acceptors (Lipinski definition) is 6. The van der Waals surface area contributed by atoms with Crippen molar-refractivity contribution in [3.63, 3.8) is 0 Å². The van der Waals surface area contributed by atoms with Gasteiger partial charge in [0.2, 0.25) is 5.91 Å². The lowest BCUT2D eigenvalue weighted by molar-refractivity contribution is -0.870. The minimum atomic E-state index is -4.44. The Balaban J connectivity index is 5.13. The lowest BCUT2D eigenvalue weighted by Crippen LogP contribution is -2.47. The molecule has 0 aliphatic heterocycles. The van der Waals surface area contributed by atoms with Crippen LogP contribution >= 0.6 is 7.82 Å². The fourth-order valence-corrected chi connectivity index (χ4v) is 10.3. The van der Waals surface area contributed by atoms with Crippen LogP contribution in [0.3, 0.4) is 0 Å². The molecule has 0 saturated carbocycles. The summed E-state index contributed by atoms with van der Waals surface area (Å²) in [7, 11) is 1.51. The number of hydrogen-bond donors (Lipinski definition) is 2. The Hall–Kier alpha value is -1.77. The molecule has 0 rings (SSSR count). The Kier molecular flexibility index (Phi) is 54.2. The highest BCUT2D eigenvalue weighted by Gasteiger charge is 2.30. The average molecular weight is 1080 g/mol. The predicted octanol–water partition coefficient (Wildman–Crippen LogP) is 19.9. The molecule has 0 heterocycles. The summed E-state index contributed by atoms with van der Waals surface area (Å²) in [6, 6.07) is -0.844. The van der Waals surface area contributed by atoms with Crippen molar-refractivity contribution in [3.05, 3.63) is 36.5 Å². The molecule has 0 aromatic carbocycles. The first-order chi connectivity index (χ1) is 36.4. The van der Waals surface area contributed by atoms with E-state index in [1.165, 1.54) is 218 Å². The normalized spacial score (nSPS) is 13.9. The van der Waals surface area contributed by atoms with Gasteiger partial charge in [-0.1, -0.05) is 276 Å². The zero-order chi connectivity index (χ0) is 55.0. The quantitative estimate of drug-likeness (QED) is 0.0205.